The number of imide groups is 1. The van der Waals surface area contributed by atoms with E-state index < -0.39 is 24.4 Å². The van der Waals surface area contributed by atoms with Crippen LogP contribution in [0.2, 0.25) is 0 Å². The van der Waals surface area contributed by atoms with Crippen molar-refractivity contribution in [1.82, 2.24) is 5.32 Å². The van der Waals surface area contributed by atoms with E-state index in [0.717, 1.165) is 4.90 Å². The quantitative estimate of drug-likeness (QED) is 0.592. The van der Waals surface area contributed by atoms with Gasteiger partial charge in [0.1, 0.15) is 0 Å². The lowest BCUT2D eigenvalue weighted by Gasteiger charge is -2.06. The molecule has 0 fully saturated rings. The Hall–Kier alpha value is -2.12. The third-order valence-electron chi connectivity index (χ3n) is 3.42. The highest BCUT2D eigenvalue weighted by molar-refractivity contribution is 7.99. The van der Waals surface area contributed by atoms with Crippen molar-refractivity contribution in [3.8, 4) is 0 Å². The predicted molar refractivity (Wildman–Crippen MR) is 99.0 cm³/mol. The molecule has 132 valence electrons. The summed E-state index contributed by atoms with van der Waals surface area (Å²) in [6, 6.07) is 9.47. The van der Waals surface area contributed by atoms with E-state index in [1.807, 2.05) is 19.1 Å². The van der Waals surface area contributed by atoms with Gasteiger partial charge in [0, 0.05) is 10.6 Å². The number of carbonyl (C=O) groups is 3. The smallest absolute Gasteiger partial charge is 0.307 e. The molecule has 1 aromatic heterocycles. The van der Waals surface area contributed by atoms with E-state index in [9.17, 15) is 14.4 Å². The summed E-state index contributed by atoms with van der Waals surface area (Å²) < 4.78 is 4.89. The van der Waals surface area contributed by atoms with Crippen LogP contribution in [-0.4, -0.2) is 30.1 Å². The van der Waals surface area contributed by atoms with E-state index in [2.05, 4.69) is 18.3 Å². The summed E-state index contributed by atoms with van der Waals surface area (Å²) in [5.74, 6) is -1.01. The number of nitrogens with one attached hydrogen (secondary N) is 1. The molecular formula is C18H19NO4S2. The molecule has 2 aromatic rings. The molecule has 2 amide bonds. The second-order valence-corrected chi connectivity index (χ2v) is 7.48. The second kappa shape index (κ2) is 9.39. The van der Waals surface area contributed by atoms with E-state index in [1.165, 1.54) is 22.5 Å². The van der Waals surface area contributed by atoms with Crippen molar-refractivity contribution < 1.29 is 19.1 Å². The topological polar surface area (TPSA) is 72.5 Å². The van der Waals surface area contributed by atoms with Crippen molar-refractivity contribution in [2.24, 2.45) is 0 Å². The van der Waals surface area contributed by atoms with Crippen LogP contribution < -0.4 is 5.32 Å². The van der Waals surface area contributed by atoms with Crippen molar-refractivity contribution in [2.75, 3.05) is 12.4 Å². The number of hydrogen-bond acceptors (Lipinski definition) is 6. The van der Waals surface area contributed by atoms with Crippen LogP contribution in [0.25, 0.3) is 0 Å². The molecule has 0 bridgehead atoms. The first-order valence-electron chi connectivity index (χ1n) is 7.69. The molecule has 0 spiro atoms. The van der Waals surface area contributed by atoms with Gasteiger partial charge in [-0.05, 0) is 48.6 Å². The number of ether oxygens (including phenoxy) is 1. The molecule has 25 heavy (non-hydrogen) atoms. The first kappa shape index (κ1) is 19.2. The number of hydrogen-bond donors (Lipinski definition) is 1. The van der Waals surface area contributed by atoms with Gasteiger partial charge in [-0.1, -0.05) is 12.1 Å². The molecule has 0 atom stereocenters. The Kier molecular flexibility index (Phi) is 7.21. The highest BCUT2D eigenvalue weighted by atomic mass is 32.2. The molecule has 2 rings (SSSR count). The fraction of sp³-hybridized carbons (Fsp3) is 0.278. The third kappa shape index (κ3) is 6.36. The van der Waals surface area contributed by atoms with E-state index >= 15 is 0 Å². The molecule has 0 aliphatic heterocycles. The normalized spacial score (nSPS) is 10.3. The molecule has 1 aromatic carbocycles. The Morgan fingerprint density at radius 1 is 1.16 bits per heavy atom. The zero-order valence-corrected chi connectivity index (χ0v) is 15.7. The average Bonchev–Trinajstić information content (AvgIpc) is 3.11. The Morgan fingerprint density at radius 2 is 1.96 bits per heavy atom. The van der Waals surface area contributed by atoms with Crippen LogP contribution in [0.1, 0.15) is 27.2 Å². The predicted octanol–water partition coefficient (Wildman–Crippen LogP) is 3.35. The third-order valence-corrected chi connectivity index (χ3v) is 5.28. The summed E-state index contributed by atoms with van der Waals surface area (Å²) in [6.07, 6.45) is 0.198. The van der Waals surface area contributed by atoms with Gasteiger partial charge in [0.2, 0.25) is 0 Å². The number of esters is 1. The minimum absolute atomic E-state index is 0.198. The van der Waals surface area contributed by atoms with Crippen molar-refractivity contribution in [1.29, 1.82) is 0 Å². The average molecular weight is 377 g/mol. The molecule has 0 unspecified atom stereocenters. The van der Waals surface area contributed by atoms with Crippen molar-refractivity contribution >= 4 is 40.9 Å². The highest BCUT2D eigenvalue weighted by Crippen LogP contribution is 2.21. The van der Waals surface area contributed by atoms with Gasteiger partial charge in [-0.2, -0.15) is 0 Å². The maximum absolute atomic E-state index is 11.7. The summed E-state index contributed by atoms with van der Waals surface area (Å²) in [5.41, 5.74) is 2.44. The summed E-state index contributed by atoms with van der Waals surface area (Å²) in [4.78, 5) is 36.5. The SMILES string of the molecule is Cc1ccc(SCCC(=O)OCC(=O)NC(=O)c2cccs2)cc1C. The highest BCUT2D eigenvalue weighted by Gasteiger charge is 2.13. The maximum atomic E-state index is 11.7. The number of aryl methyl sites for hydroxylation is 2. The van der Waals surface area contributed by atoms with E-state index in [-0.39, 0.29) is 6.42 Å². The summed E-state index contributed by atoms with van der Waals surface area (Å²) in [5, 5.41) is 3.92. The number of benzene rings is 1. The van der Waals surface area contributed by atoms with Gasteiger partial charge in [0.15, 0.2) is 6.61 Å². The molecule has 1 heterocycles. The van der Waals surface area contributed by atoms with Crippen LogP contribution in [0, 0.1) is 13.8 Å². The fourth-order valence-electron chi connectivity index (χ4n) is 1.91. The number of amides is 2. The van der Waals surface area contributed by atoms with Gasteiger partial charge >= 0.3 is 5.97 Å². The van der Waals surface area contributed by atoms with Crippen LogP contribution in [-0.2, 0) is 14.3 Å². The van der Waals surface area contributed by atoms with Crippen LogP contribution in [0.5, 0.6) is 0 Å². The van der Waals surface area contributed by atoms with E-state index in [0.29, 0.717) is 10.6 Å². The Labute approximate surface area is 154 Å². The molecule has 0 aliphatic rings. The molecule has 0 aliphatic carbocycles. The Morgan fingerprint density at radius 3 is 2.64 bits per heavy atom. The van der Waals surface area contributed by atoms with Crippen molar-refractivity contribution in [2.45, 2.75) is 25.2 Å². The standard InChI is InChI=1S/C18H19NO4S2/c1-12-5-6-14(10-13(12)2)24-9-7-17(21)23-11-16(20)19-18(22)15-4-3-8-25-15/h3-6,8,10H,7,9,11H2,1-2H3,(H,19,20,22). The monoisotopic (exact) mass is 377 g/mol. The second-order valence-electron chi connectivity index (χ2n) is 5.36. The van der Waals surface area contributed by atoms with Crippen LogP contribution in [0.4, 0.5) is 0 Å². The minimum atomic E-state index is -0.631. The van der Waals surface area contributed by atoms with Gasteiger partial charge in [0.25, 0.3) is 11.8 Å². The minimum Gasteiger partial charge on any atom is -0.456 e. The first-order valence-corrected chi connectivity index (χ1v) is 9.55. The van der Waals surface area contributed by atoms with E-state index in [1.54, 1.807) is 29.3 Å². The summed E-state index contributed by atoms with van der Waals surface area (Å²) in [6.45, 7) is 3.64. The lowest BCUT2D eigenvalue weighted by molar-refractivity contribution is -0.147. The zero-order valence-electron chi connectivity index (χ0n) is 14.0. The van der Waals surface area contributed by atoms with Gasteiger partial charge in [0.05, 0.1) is 11.3 Å². The molecule has 0 saturated heterocycles. The molecular weight excluding hydrogens is 358 g/mol. The molecule has 0 saturated carbocycles. The largest absolute Gasteiger partial charge is 0.456 e. The van der Waals surface area contributed by atoms with Crippen LogP contribution in [0.3, 0.4) is 0 Å². The van der Waals surface area contributed by atoms with Gasteiger partial charge in [-0.15, -0.1) is 23.1 Å². The van der Waals surface area contributed by atoms with E-state index in [4.69, 9.17) is 4.74 Å². The molecule has 0 radical (unpaired) electrons. The lowest BCUT2D eigenvalue weighted by Crippen LogP contribution is -2.33. The van der Waals surface area contributed by atoms with Crippen LogP contribution >= 0.6 is 23.1 Å². The van der Waals surface area contributed by atoms with Gasteiger partial charge in [-0.25, -0.2) is 0 Å². The number of rotatable bonds is 7. The zero-order chi connectivity index (χ0) is 18.2. The van der Waals surface area contributed by atoms with Crippen LogP contribution in [0.15, 0.2) is 40.6 Å². The molecule has 5 nitrogen and oxygen atoms in total. The maximum Gasteiger partial charge on any atom is 0.307 e. The molecule has 7 heteroatoms. The lowest BCUT2D eigenvalue weighted by atomic mass is 10.1. The Bertz CT molecular complexity index is 756. The van der Waals surface area contributed by atoms with Gasteiger partial charge < -0.3 is 4.74 Å². The molecule has 1 N–H and O–H groups in total. The number of carbonyl (C=O) groups excluding carboxylic acids is 3. The van der Waals surface area contributed by atoms with Gasteiger partial charge in [-0.3, -0.25) is 19.7 Å². The number of thiophene rings is 1. The van der Waals surface area contributed by atoms with Crippen molar-refractivity contribution in [3.05, 3.63) is 51.7 Å². The summed E-state index contributed by atoms with van der Waals surface area (Å²) in [7, 11) is 0. The fourth-order valence-corrected chi connectivity index (χ4v) is 3.45. The number of thioether (sulfide) groups is 1. The summed E-state index contributed by atoms with van der Waals surface area (Å²) >= 11 is 2.79. The van der Waals surface area contributed by atoms with Crippen molar-refractivity contribution in [3.63, 3.8) is 0 Å². The Balaban J connectivity index is 1.65. The first-order chi connectivity index (χ1) is 12.0.